The van der Waals surface area contributed by atoms with E-state index >= 15 is 0 Å². The fourth-order valence-electron chi connectivity index (χ4n) is 4.02. The minimum Gasteiger partial charge on any atom is -0.907 e. The Balaban J connectivity index is -0.000000104. The zero-order chi connectivity index (χ0) is 25.6. The quantitative estimate of drug-likeness (QED) is 0.314. The highest BCUT2D eigenvalue weighted by molar-refractivity contribution is 6.24. The van der Waals surface area contributed by atoms with Crippen LogP contribution in [0.15, 0.2) is 0 Å². The van der Waals surface area contributed by atoms with E-state index in [-0.39, 0.29) is 5.48 Å². The second-order valence-electron chi connectivity index (χ2n) is 8.11. The van der Waals surface area contributed by atoms with Gasteiger partial charge in [-0.2, -0.15) is 0 Å². The van der Waals surface area contributed by atoms with E-state index in [2.05, 4.69) is 83.1 Å². The predicted molar refractivity (Wildman–Crippen MR) is 137 cm³/mol. The molecule has 0 aromatic heterocycles. The Morgan fingerprint density at radius 3 is 0.406 bits per heavy atom. The van der Waals surface area contributed by atoms with Crippen LogP contribution in [0.4, 0.5) is 0 Å². The topological polar surface area (TPSA) is 101 Å². The summed E-state index contributed by atoms with van der Waals surface area (Å²) in [6.07, 6.45) is 0. The molecule has 7 nitrogen and oxygen atoms in total. The Bertz CT molecular complexity index is 247. The number of nitrogens with zero attached hydrogens (tertiary/aromatic N) is 3. The Morgan fingerprint density at radius 2 is 0.406 bits per heavy atom. The number of quaternary nitrogens is 3. The van der Waals surface area contributed by atoms with Gasteiger partial charge in [0.1, 0.15) is 0 Å². The van der Waals surface area contributed by atoms with E-state index in [0.29, 0.717) is 0 Å². The Morgan fingerprint density at radius 1 is 0.344 bits per heavy atom. The van der Waals surface area contributed by atoms with Gasteiger partial charge in [0.05, 0.1) is 78.5 Å². The summed E-state index contributed by atoms with van der Waals surface area (Å²) < 4.78 is 3.83. The van der Waals surface area contributed by atoms with Crippen LogP contribution in [0.5, 0.6) is 0 Å². The van der Waals surface area contributed by atoms with Gasteiger partial charge in [0.2, 0.25) is 0 Å². The monoisotopic (exact) mass is 467 g/mol. The van der Waals surface area contributed by atoms with Crippen molar-refractivity contribution >= 4 is 7.32 Å². The Labute approximate surface area is 203 Å². The predicted octanol–water partition coefficient (Wildman–Crippen LogP) is 0.876. The zero-order valence-corrected chi connectivity index (χ0v) is 24.1. The molecule has 0 heterocycles. The van der Waals surface area contributed by atoms with Crippen molar-refractivity contribution in [2.45, 2.75) is 83.1 Å². The smallest absolute Gasteiger partial charge is 0.0757 e. The molecule has 0 amide bonds. The summed E-state index contributed by atoms with van der Waals surface area (Å²) >= 11 is 0. The third kappa shape index (κ3) is 19.3. The molecule has 0 spiro atoms. The highest BCUT2D eigenvalue weighted by Gasteiger charge is 2.17. The first-order chi connectivity index (χ1) is 14.5. The molecule has 32 heavy (non-hydrogen) atoms. The van der Waals surface area contributed by atoms with Gasteiger partial charge in [-0.3, -0.25) is 7.32 Å². The molecule has 0 saturated heterocycles. The van der Waals surface area contributed by atoms with Gasteiger partial charge in [0.25, 0.3) is 0 Å². The molecule has 0 aromatic rings. The molecule has 0 aliphatic rings. The molecule has 0 bridgehead atoms. The van der Waals surface area contributed by atoms with Gasteiger partial charge in [-0.25, -0.2) is 0 Å². The van der Waals surface area contributed by atoms with Gasteiger partial charge in [0.15, 0.2) is 0 Å². The minimum atomic E-state index is -2.92. The van der Waals surface area contributed by atoms with E-state index in [1.165, 1.54) is 92.0 Å². The van der Waals surface area contributed by atoms with Crippen LogP contribution in [-0.2, 0) is 0 Å². The maximum absolute atomic E-state index is 8.42. The van der Waals surface area contributed by atoms with Crippen LogP contribution in [0.25, 0.3) is 0 Å². The summed E-state index contributed by atoms with van der Waals surface area (Å²) in [5, 5.41) is 25.2. The van der Waals surface area contributed by atoms with Crippen molar-refractivity contribution in [3.63, 3.8) is 0 Å². The van der Waals surface area contributed by atoms with Gasteiger partial charge < -0.3 is 34.0 Å². The molecule has 0 rings (SSSR count). The first kappa shape index (κ1) is 42.0. The van der Waals surface area contributed by atoms with Crippen molar-refractivity contribution in [3.8, 4) is 0 Å². The molecule has 200 valence electrons. The fraction of sp³-hybridized carbons (Fsp3) is 1.00. The third-order valence-electron chi connectivity index (χ3n) is 8.05. The second-order valence-corrected chi connectivity index (χ2v) is 8.11. The molecule has 2 N–H and O–H groups in total. The lowest BCUT2D eigenvalue weighted by Gasteiger charge is -2.35. The lowest BCUT2D eigenvalue weighted by molar-refractivity contribution is -0.921. The lowest BCUT2D eigenvalue weighted by Crippen LogP contribution is -2.56. The summed E-state index contributed by atoms with van der Waals surface area (Å²) in [4.78, 5) is 0. The average molecular weight is 468 g/mol. The molecular formula is C24H62BN3O4. The first-order valence-corrected chi connectivity index (χ1v) is 13.0. The molecule has 0 aliphatic carbocycles. The van der Waals surface area contributed by atoms with Crippen LogP contribution < -0.4 is 15.1 Å². The molecule has 0 fully saturated rings. The Hall–Kier alpha value is -0.215. The van der Waals surface area contributed by atoms with Gasteiger partial charge >= 0.3 is 0 Å². The largest absolute Gasteiger partial charge is 0.907 e. The van der Waals surface area contributed by atoms with Crippen molar-refractivity contribution in [2.75, 3.05) is 78.5 Å². The van der Waals surface area contributed by atoms with Gasteiger partial charge in [0, 0.05) is 0 Å². The maximum Gasteiger partial charge on any atom is 0.0757 e. The number of hydrogen-bond donors (Lipinski definition) is 0. The normalized spacial score (nSPS) is 11.0. The van der Waals surface area contributed by atoms with Gasteiger partial charge in [-0.1, -0.05) is 0 Å². The summed E-state index contributed by atoms with van der Waals surface area (Å²) in [5.41, 5.74) is 0. The second kappa shape index (κ2) is 25.4. The third-order valence-corrected chi connectivity index (χ3v) is 8.05. The molecule has 0 unspecified atom stereocenters. The summed E-state index contributed by atoms with van der Waals surface area (Å²) in [7, 11) is -2.92. The van der Waals surface area contributed by atoms with Crippen LogP contribution in [0.2, 0.25) is 0 Å². The molecular weight excluding hydrogens is 405 g/mol. The zero-order valence-electron chi connectivity index (χ0n) is 24.1. The van der Waals surface area contributed by atoms with Gasteiger partial charge in [-0.15, -0.1) is 0 Å². The van der Waals surface area contributed by atoms with Crippen LogP contribution in [0.1, 0.15) is 83.1 Å². The molecule has 0 radical (unpaired) electrons. The fourth-order valence-corrected chi connectivity index (χ4v) is 4.02. The van der Waals surface area contributed by atoms with E-state index in [4.69, 9.17) is 15.1 Å². The molecule has 0 atom stereocenters. The van der Waals surface area contributed by atoms with E-state index in [0.717, 1.165) is 0 Å². The van der Waals surface area contributed by atoms with Crippen molar-refractivity contribution in [1.29, 1.82) is 0 Å². The van der Waals surface area contributed by atoms with E-state index in [1.54, 1.807) is 0 Å². The van der Waals surface area contributed by atoms with Crippen LogP contribution in [0, 0.1) is 0 Å². The van der Waals surface area contributed by atoms with Crippen LogP contribution in [0.3, 0.4) is 0 Å². The standard InChI is InChI=1S/3C8H20N.BO3.H2O/c3*1-5-9(6-2,7-3)8-4;2-1(3)4;/h3*5-8H2,1-4H3;;1H2/q3*+1;-3;. The SMILES string of the molecule is CC[N+](CC)(CC)CC.CC[N+](CC)(CC)CC.CC[N+](CC)(CC)CC.O.[O-]B([O-])[O-]. The van der Waals surface area contributed by atoms with E-state index in [1.807, 2.05) is 0 Å². The Kier molecular flexibility index (Phi) is 33.3. The van der Waals surface area contributed by atoms with Crippen molar-refractivity contribution < 1.29 is 34.0 Å². The maximum atomic E-state index is 8.42. The molecule has 0 aromatic carbocycles. The number of rotatable bonds is 12. The van der Waals surface area contributed by atoms with Crippen molar-refractivity contribution in [2.24, 2.45) is 0 Å². The minimum absolute atomic E-state index is 0. The highest BCUT2D eigenvalue weighted by Crippen LogP contribution is 2.04. The molecule has 8 heteroatoms. The molecule has 0 saturated carbocycles. The van der Waals surface area contributed by atoms with Gasteiger partial charge in [-0.05, 0) is 83.1 Å². The van der Waals surface area contributed by atoms with Crippen LogP contribution in [-0.4, -0.2) is 105 Å². The average Bonchev–Trinajstić information content (AvgIpc) is 2.80. The first-order valence-electron chi connectivity index (χ1n) is 13.0. The summed E-state index contributed by atoms with van der Waals surface area (Å²) in [6.45, 7) is 42.7. The lowest BCUT2D eigenvalue weighted by atomic mass is 10.3. The summed E-state index contributed by atoms with van der Waals surface area (Å²) in [5.74, 6) is 0. The van der Waals surface area contributed by atoms with Crippen molar-refractivity contribution in [1.82, 2.24) is 0 Å². The molecule has 0 aliphatic heterocycles. The van der Waals surface area contributed by atoms with E-state index in [9.17, 15) is 0 Å². The van der Waals surface area contributed by atoms with Crippen molar-refractivity contribution in [3.05, 3.63) is 0 Å². The van der Waals surface area contributed by atoms with E-state index < -0.39 is 7.32 Å². The van der Waals surface area contributed by atoms with Crippen LogP contribution >= 0.6 is 0 Å². The number of hydrogen-bond acceptors (Lipinski definition) is 3. The summed E-state index contributed by atoms with van der Waals surface area (Å²) in [6, 6.07) is 0. The highest BCUT2D eigenvalue weighted by atomic mass is 16.5.